The summed E-state index contributed by atoms with van der Waals surface area (Å²) in [6, 6.07) is 60.6. The van der Waals surface area contributed by atoms with Crippen LogP contribution in [-0.4, -0.2) is 8.07 Å². The van der Waals surface area contributed by atoms with Gasteiger partial charge in [-0.3, -0.25) is 0 Å². The predicted molar refractivity (Wildman–Crippen MR) is 201 cm³/mol. The Hall–Kier alpha value is -5.44. The van der Waals surface area contributed by atoms with Gasteiger partial charge in [-0.25, -0.2) is 0 Å². The van der Waals surface area contributed by atoms with Gasteiger partial charge in [-0.15, -0.1) is 0 Å². The van der Waals surface area contributed by atoms with E-state index < -0.39 is 8.07 Å². The molecule has 0 N–H and O–H groups in total. The smallest absolute Gasteiger partial charge is 0.117 e. The molecular formula is C44H33NSi. The molecule has 0 spiro atoms. The third kappa shape index (κ3) is 4.00. The molecule has 8 aromatic carbocycles. The van der Waals surface area contributed by atoms with Crippen LogP contribution in [-0.2, 0) is 0 Å². The molecule has 1 nitrogen and oxygen atoms in total. The number of benzene rings is 8. The molecule has 46 heavy (non-hydrogen) atoms. The molecule has 0 unspecified atom stereocenters. The van der Waals surface area contributed by atoms with Crippen LogP contribution >= 0.6 is 0 Å². The number of nitrogens with zero attached hydrogens (tertiary/aromatic N) is 1. The molecule has 0 aliphatic carbocycles. The van der Waals surface area contributed by atoms with Gasteiger partial charge in [0, 0.05) is 17.1 Å². The zero-order valence-corrected chi connectivity index (χ0v) is 27.0. The highest BCUT2D eigenvalue weighted by Crippen LogP contribution is 2.43. The topological polar surface area (TPSA) is 3.24 Å². The van der Waals surface area contributed by atoms with Crippen LogP contribution in [0, 0.1) is 0 Å². The molecule has 0 bridgehead atoms. The summed E-state index contributed by atoms with van der Waals surface area (Å²) in [7, 11) is -1.82. The molecule has 1 aliphatic rings. The Morgan fingerprint density at radius 1 is 0.413 bits per heavy atom. The van der Waals surface area contributed by atoms with Crippen LogP contribution < -0.4 is 15.3 Å². The Balaban J connectivity index is 1.24. The van der Waals surface area contributed by atoms with Crippen LogP contribution in [0.2, 0.25) is 13.1 Å². The Labute approximate surface area is 271 Å². The molecule has 2 heteroatoms. The quantitative estimate of drug-likeness (QED) is 0.143. The molecule has 0 radical (unpaired) electrons. The second-order valence-electron chi connectivity index (χ2n) is 12.9. The number of para-hydroxylation sites is 2. The standard InChI is InChI=1S/C44H33NSi/c1-46(2)42-22-12-10-20-40(42)45(41-21-11-13-23-43(41)46)33-26-24-31(25-27-33)39-29-32-28-38(30-14-4-3-5-15-30)34-16-6-8-18-36(34)44(32)37-19-9-7-17-35(37)39/h3-29H,1-2H3. The highest BCUT2D eigenvalue weighted by atomic mass is 28.3. The number of fused-ring (bicyclic) bond motifs is 7. The molecule has 218 valence electrons. The molecule has 0 atom stereocenters. The fourth-order valence-corrected chi connectivity index (χ4v) is 10.8. The van der Waals surface area contributed by atoms with Gasteiger partial charge < -0.3 is 4.90 Å². The summed E-state index contributed by atoms with van der Waals surface area (Å²) in [5.74, 6) is 0. The minimum atomic E-state index is -1.82. The molecule has 0 fully saturated rings. The molecule has 8 aromatic rings. The lowest BCUT2D eigenvalue weighted by Gasteiger charge is -2.41. The average molecular weight is 604 g/mol. The normalized spacial score (nSPS) is 13.6. The molecule has 0 amide bonds. The Morgan fingerprint density at radius 2 is 0.848 bits per heavy atom. The first-order valence-corrected chi connectivity index (χ1v) is 19.1. The molecule has 9 rings (SSSR count). The average Bonchev–Trinajstić information content (AvgIpc) is 3.12. The second-order valence-corrected chi connectivity index (χ2v) is 17.3. The lowest BCUT2D eigenvalue weighted by atomic mass is 9.87. The number of rotatable bonds is 3. The maximum Gasteiger partial charge on any atom is 0.117 e. The summed E-state index contributed by atoms with van der Waals surface area (Å²) < 4.78 is 0. The van der Waals surface area contributed by atoms with Crippen LogP contribution in [0.5, 0.6) is 0 Å². The third-order valence-electron chi connectivity index (χ3n) is 10.0. The van der Waals surface area contributed by atoms with Crippen LogP contribution in [0.25, 0.3) is 54.6 Å². The van der Waals surface area contributed by atoms with Crippen molar-refractivity contribution in [3.63, 3.8) is 0 Å². The van der Waals surface area contributed by atoms with Crippen molar-refractivity contribution in [2.24, 2.45) is 0 Å². The fraction of sp³-hybridized carbons (Fsp3) is 0.0455. The van der Waals surface area contributed by atoms with Gasteiger partial charge in [0.1, 0.15) is 8.07 Å². The third-order valence-corrected chi connectivity index (χ3v) is 13.6. The van der Waals surface area contributed by atoms with Crippen molar-refractivity contribution in [2.45, 2.75) is 13.1 Å². The number of anilines is 3. The van der Waals surface area contributed by atoms with Gasteiger partial charge in [-0.2, -0.15) is 0 Å². The van der Waals surface area contributed by atoms with E-state index in [0.29, 0.717) is 0 Å². The van der Waals surface area contributed by atoms with E-state index in [1.165, 1.54) is 82.0 Å². The first-order chi connectivity index (χ1) is 22.6. The lowest BCUT2D eigenvalue weighted by Crippen LogP contribution is -2.58. The van der Waals surface area contributed by atoms with Gasteiger partial charge in [-0.1, -0.05) is 140 Å². The van der Waals surface area contributed by atoms with Gasteiger partial charge in [0.05, 0.1) is 0 Å². The maximum absolute atomic E-state index is 2.47. The number of hydrogen-bond acceptors (Lipinski definition) is 1. The maximum atomic E-state index is 2.47. The van der Waals surface area contributed by atoms with Crippen molar-refractivity contribution in [3.8, 4) is 22.3 Å². The van der Waals surface area contributed by atoms with E-state index in [1.807, 2.05) is 0 Å². The predicted octanol–water partition coefficient (Wildman–Crippen LogP) is 11.1. The minimum Gasteiger partial charge on any atom is -0.311 e. The van der Waals surface area contributed by atoms with Crippen molar-refractivity contribution in [1.82, 2.24) is 0 Å². The molecular weight excluding hydrogens is 571 g/mol. The molecule has 0 aromatic heterocycles. The van der Waals surface area contributed by atoms with Crippen molar-refractivity contribution < 1.29 is 0 Å². The van der Waals surface area contributed by atoms with Crippen molar-refractivity contribution in [3.05, 3.63) is 164 Å². The van der Waals surface area contributed by atoms with Gasteiger partial charge in [0.2, 0.25) is 0 Å². The van der Waals surface area contributed by atoms with E-state index in [4.69, 9.17) is 0 Å². The zero-order valence-electron chi connectivity index (χ0n) is 26.0. The van der Waals surface area contributed by atoms with Gasteiger partial charge in [0.25, 0.3) is 0 Å². The largest absolute Gasteiger partial charge is 0.311 e. The van der Waals surface area contributed by atoms with Crippen molar-refractivity contribution in [1.29, 1.82) is 0 Å². The highest BCUT2D eigenvalue weighted by molar-refractivity contribution is 7.02. The lowest BCUT2D eigenvalue weighted by molar-refractivity contribution is 1.29. The van der Waals surface area contributed by atoms with E-state index in [1.54, 1.807) is 0 Å². The van der Waals surface area contributed by atoms with E-state index >= 15 is 0 Å². The van der Waals surface area contributed by atoms with Crippen LogP contribution in [0.15, 0.2) is 164 Å². The highest BCUT2D eigenvalue weighted by Gasteiger charge is 2.38. The van der Waals surface area contributed by atoms with Crippen LogP contribution in [0.1, 0.15) is 0 Å². The summed E-state index contributed by atoms with van der Waals surface area (Å²) in [6.45, 7) is 4.95. The first-order valence-electron chi connectivity index (χ1n) is 16.1. The van der Waals surface area contributed by atoms with E-state index in [-0.39, 0.29) is 0 Å². The van der Waals surface area contributed by atoms with Crippen molar-refractivity contribution in [2.75, 3.05) is 4.90 Å². The van der Waals surface area contributed by atoms with Crippen LogP contribution in [0.3, 0.4) is 0 Å². The Kier molecular flexibility index (Phi) is 6.03. The monoisotopic (exact) mass is 603 g/mol. The summed E-state index contributed by atoms with van der Waals surface area (Å²) in [5, 5.41) is 10.7. The molecule has 1 aliphatic heterocycles. The number of hydrogen-bond donors (Lipinski definition) is 0. The van der Waals surface area contributed by atoms with E-state index in [2.05, 4.69) is 182 Å². The molecule has 0 saturated carbocycles. The first kappa shape index (κ1) is 26.9. The summed E-state index contributed by atoms with van der Waals surface area (Å²) in [4.78, 5) is 2.46. The second kappa shape index (κ2) is 10.3. The van der Waals surface area contributed by atoms with Gasteiger partial charge in [0.15, 0.2) is 0 Å². The molecule has 0 saturated heterocycles. The zero-order chi connectivity index (χ0) is 30.8. The Morgan fingerprint density at radius 3 is 1.39 bits per heavy atom. The Bertz CT molecular complexity index is 2390. The molecule has 1 heterocycles. The van der Waals surface area contributed by atoms with E-state index in [0.717, 1.165) is 0 Å². The SMILES string of the molecule is C[Si]1(C)c2ccccc2N(c2ccc(-c3cc4cc(-c5ccccc5)c5ccccc5c4c4ccccc34)cc2)c2ccccc21. The van der Waals surface area contributed by atoms with Crippen molar-refractivity contribution >= 4 is 67.8 Å². The summed E-state index contributed by atoms with van der Waals surface area (Å²) in [5.41, 5.74) is 8.81. The summed E-state index contributed by atoms with van der Waals surface area (Å²) >= 11 is 0. The van der Waals surface area contributed by atoms with Gasteiger partial charge >= 0.3 is 0 Å². The van der Waals surface area contributed by atoms with Gasteiger partial charge in [-0.05, 0) is 101 Å². The van der Waals surface area contributed by atoms with Crippen LogP contribution in [0.4, 0.5) is 17.1 Å². The summed E-state index contributed by atoms with van der Waals surface area (Å²) in [6.07, 6.45) is 0. The fourth-order valence-electron chi connectivity index (χ4n) is 7.81. The van der Waals surface area contributed by atoms with E-state index in [9.17, 15) is 0 Å². The minimum absolute atomic E-state index is 1.19.